The van der Waals surface area contributed by atoms with Gasteiger partial charge in [-0.1, -0.05) is 11.6 Å². The molecule has 1 aromatic carbocycles. The van der Waals surface area contributed by atoms with Gasteiger partial charge in [0.2, 0.25) is 0 Å². The average molecular weight is 299 g/mol. The lowest BCUT2D eigenvalue weighted by molar-refractivity contribution is 0.573. The topological polar surface area (TPSA) is 24.9 Å². The molecule has 0 aliphatic heterocycles. The molecule has 19 heavy (non-hydrogen) atoms. The van der Waals surface area contributed by atoms with Crippen LogP contribution in [0, 0.1) is 19.7 Å². The highest BCUT2D eigenvalue weighted by Crippen LogP contribution is 2.24. The van der Waals surface area contributed by atoms with Crippen LogP contribution in [-0.2, 0) is 6.54 Å². The predicted octanol–water partition coefficient (Wildman–Crippen LogP) is 4.40. The molecule has 1 aromatic heterocycles. The zero-order valence-electron chi connectivity index (χ0n) is 11.1. The Balaban J connectivity index is 2.04. The molecule has 1 heterocycles. The Bertz CT molecular complexity index is 563. The molecule has 0 aliphatic rings. The molecule has 1 unspecified atom stereocenters. The molecule has 1 atom stereocenters. The van der Waals surface area contributed by atoms with E-state index in [1.165, 1.54) is 17.0 Å². The second-order valence-electron chi connectivity index (χ2n) is 4.56. The minimum atomic E-state index is -0.304. The van der Waals surface area contributed by atoms with Gasteiger partial charge in [0.25, 0.3) is 0 Å². The monoisotopic (exact) mass is 298 g/mol. The summed E-state index contributed by atoms with van der Waals surface area (Å²) in [5, 5.41) is 4.86. The maximum absolute atomic E-state index is 13.2. The van der Waals surface area contributed by atoms with Crippen LogP contribution in [0.15, 0.2) is 18.2 Å². The lowest BCUT2D eigenvalue weighted by Crippen LogP contribution is -2.18. The van der Waals surface area contributed by atoms with Gasteiger partial charge in [-0.25, -0.2) is 9.37 Å². The second kappa shape index (κ2) is 5.99. The lowest BCUT2D eigenvalue weighted by Gasteiger charge is -2.13. The van der Waals surface area contributed by atoms with Crippen LogP contribution in [0.4, 0.5) is 4.39 Å². The van der Waals surface area contributed by atoms with Crippen LogP contribution >= 0.6 is 22.9 Å². The number of hydrogen-bond donors (Lipinski definition) is 1. The minimum Gasteiger partial charge on any atom is -0.305 e. The van der Waals surface area contributed by atoms with Crippen LogP contribution in [0.1, 0.15) is 34.1 Å². The number of hydrogen-bond acceptors (Lipinski definition) is 3. The molecule has 2 rings (SSSR count). The van der Waals surface area contributed by atoms with Gasteiger partial charge in [-0.3, -0.25) is 0 Å². The van der Waals surface area contributed by atoms with Gasteiger partial charge in [0.1, 0.15) is 5.82 Å². The predicted molar refractivity (Wildman–Crippen MR) is 78.3 cm³/mol. The molecule has 0 fully saturated rings. The van der Waals surface area contributed by atoms with E-state index in [1.54, 1.807) is 17.4 Å². The van der Waals surface area contributed by atoms with Gasteiger partial charge in [-0.05, 0) is 44.5 Å². The third-order valence-electron chi connectivity index (χ3n) is 2.87. The lowest BCUT2D eigenvalue weighted by atomic mass is 10.2. The molecule has 5 heteroatoms. The Hall–Kier alpha value is -0.970. The van der Waals surface area contributed by atoms with Crippen LogP contribution in [0.25, 0.3) is 0 Å². The molecule has 0 saturated carbocycles. The zero-order chi connectivity index (χ0) is 14.0. The second-order valence-corrected chi connectivity index (χ2v) is 6.23. The normalized spacial score (nSPS) is 12.7. The summed E-state index contributed by atoms with van der Waals surface area (Å²) in [5.41, 5.74) is 1.90. The Kier molecular flexibility index (Phi) is 4.55. The van der Waals surface area contributed by atoms with Gasteiger partial charge in [0, 0.05) is 22.5 Å². The first-order valence-electron chi connectivity index (χ1n) is 6.08. The Morgan fingerprint density at radius 2 is 2.11 bits per heavy atom. The number of nitrogens with zero attached hydrogens (tertiary/aromatic N) is 1. The van der Waals surface area contributed by atoms with Crippen molar-refractivity contribution >= 4 is 22.9 Å². The summed E-state index contributed by atoms with van der Waals surface area (Å²) in [7, 11) is 0. The quantitative estimate of drug-likeness (QED) is 0.905. The Labute approximate surface area is 121 Å². The molecule has 0 bridgehead atoms. The molecule has 2 nitrogen and oxygen atoms in total. The highest BCUT2D eigenvalue weighted by Gasteiger charge is 2.12. The van der Waals surface area contributed by atoms with Crippen molar-refractivity contribution in [1.29, 1.82) is 0 Å². The maximum atomic E-state index is 13.2. The van der Waals surface area contributed by atoms with Crippen LogP contribution < -0.4 is 5.32 Å². The van der Waals surface area contributed by atoms with E-state index in [1.807, 2.05) is 13.8 Å². The number of aryl methyl sites for hydroxylation is 2. The average Bonchev–Trinajstić information content (AvgIpc) is 2.64. The van der Waals surface area contributed by atoms with E-state index in [4.69, 9.17) is 11.6 Å². The number of nitrogens with one attached hydrogen (secondary N) is 1. The smallest absolute Gasteiger partial charge is 0.125 e. The fourth-order valence-electron chi connectivity index (χ4n) is 2.03. The fourth-order valence-corrected chi connectivity index (χ4v) is 3.22. The summed E-state index contributed by atoms with van der Waals surface area (Å²) >= 11 is 7.53. The van der Waals surface area contributed by atoms with E-state index in [0.717, 1.165) is 16.3 Å². The number of aromatic nitrogens is 1. The van der Waals surface area contributed by atoms with Gasteiger partial charge < -0.3 is 5.32 Å². The molecule has 0 radical (unpaired) electrons. The van der Waals surface area contributed by atoms with Crippen molar-refractivity contribution in [2.24, 2.45) is 0 Å². The molecule has 0 amide bonds. The van der Waals surface area contributed by atoms with Crippen LogP contribution in [-0.4, -0.2) is 4.98 Å². The van der Waals surface area contributed by atoms with Gasteiger partial charge in [-0.15, -0.1) is 11.3 Å². The van der Waals surface area contributed by atoms with Crippen molar-refractivity contribution in [3.63, 3.8) is 0 Å². The molecule has 0 aliphatic carbocycles. The van der Waals surface area contributed by atoms with Crippen molar-refractivity contribution < 1.29 is 4.39 Å². The molecule has 1 N–H and O–H groups in total. The van der Waals surface area contributed by atoms with Crippen molar-refractivity contribution in [2.75, 3.05) is 0 Å². The van der Waals surface area contributed by atoms with Gasteiger partial charge in [0.05, 0.1) is 10.7 Å². The molecule has 102 valence electrons. The number of benzene rings is 1. The standard InChI is InChI=1S/C14H16ClFN2S/c1-8(14-9(2)18-10(3)19-14)17-7-11-4-12(15)6-13(16)5-11/h4-6,8,17H,7H2,1-3H3. The molecular formula is C14H16ClFN2S. The highest BCUT2D eigenvalue weighted by atomic mass is 35.5. The summed E-state index contributed by atoms with van der Waals surface area (Å²) in [6.07, 6.45) is 0. The van der Waals surface area contributed by atoms with Crippen LogP contribution in [0.2, 0.25) is 5.02 Å². The Morgan fingerprint density at radius 3 is 2.68 bits per heavy atom. The SMILES string of the molecule is Cc1nc(C)c(C(C)NCc2cc(F)cc(Cl)c2)s1. The summed E-state index contributed by atoms with van der Waals surface area (Å²) in [4.78, 5) is 5.63. The summed E-state index contributed by atoms with van der Waals surface area (Å²) in [6.45, 7) is 6.67. The third-order valence-corrected chi connectivity index (χ3v) is 4.34. The summed E-state index contributed by atoms with van der Waals surface area (Å²) < 4.78 is 13.2. The van der Waals surface area contributed by atoms with E-state index < -0.39 is 0 Å². The molecule has 2 aromatic rings. The number of rotatable bonds is 4. The van der Waals surface area contributed by atoms with Crippen LogP contribution in [0.3, 0.4) is 0 Å². The number of halogens is 2. The summed E-state index contributed by atoms with van der Waals surface area (Å²) in [6, 6.07) is 4.77. The first-order valence-corrected chi connectivity index (χ1v) is 7.27. The van der Waals surface area contributed by atoms with E-state index in [9.17, 15) is 4.39 Å². The third kappa shape index (κ3) is 3.75. The van der Waals surface area contributed by atoms with Crippen molar-refractivity contribution in [1.82, 2.24) is 10.3 Å². The van der Waals surface area contributed by atoms with Crippen LogP contribution in [0.5, 0.6) is 0 Å². The molecule has 0 spiro atoms. The fraction of sp³-hybridized carbons (Fsp3) is 0.357. The van der Waals surface area contributed by atoms with E-state index >= 15 is 0 Å². The van der Waals surface area contributed by atoms with E-state index in [2.05, 4.69) is 17.2 Å². The van der Waals surface area contributed by atoms with Crippen molar-refractivity contribution in [2.45, 2.75) is 33.4 Å². The number of thiazole rings is 1. The minimum absolute atomic E-state index is 0.188. The van der Waals surface area contributed by atoms with Crippen molar-refractivity contribution in [3.8, 4) is 0 Å². The zero-order valence-corrected chi connectivity index (χ0v) is 12.7. The van der Waals surface area contributed by atoms with Gasteiger partial charge in [0.15, 0.2) is 0 Å². The Morgan fingerprint density at radius 1 is 1.37 bits per heavy atom. The first-order chi connectivity index (χ1) is 8.95. The highest BCUT2D eigenvalue weighted by molar-refractivity contribution is 7.11. The largest absolute Gasteiger partial charge is 0.305 e. The van der Waals surface area contributed by atoms with E-state index in [0.29, 0.717) is 11.6 Å². The van der Waals surface area contributed by atoms with E-state index in [-0.39, 0.29) is 11.9 Å². The first kappa shape index (κ1) is 14.4. The maximum Gasteiger partial charge on any atom is 0.125 e. The van der Waals surface area contributed by atoms with Gasteiger partial charge in [-0.2, -0.15) is 0 Å². The molecular weight excluding hydrogens is 283 g/mol. The van der Waals surface area contributed by atoms with Crippen molar-refractivity contribution in [3.05, 3.63) is 50.2 Å². The summed E-state index contributed by atoms with van der Waals surface area (Å²) in [5.74, 6) is -0.304. The molecule has 0 saturated heterocycles. The van der Waals surface area contributed by atoms with Gasteiger partial charge >= 0.3 is 0 Å².